The highest BCUT2D eigenvalue weighted by Crippen LogP contribution is 2.34. The Labute approximate surface area is 124 Å². The lowest BCUT2D eigenvalue weighted by Gasteiger charge is -2.22. The summed E-state index contributed by atoms with van der Waals surface area (Å²) in [4.78, 5) is 15.5. The fraction of sp³-hybridized carbons (Fsp3) is 0.412. The molecule has 0 amide bonds. The lowest BCUT2D eigenvalue weighted by molar-refractivity contribution is 0.0691. The van der Waals surface area contributed by atoms with Crippen LogP contribution in [0.4, 0.5) is 5.69 Å². The number of hydrogen-bond acceptors (Lipinski definition) is 3. The molecule has 1 aromatic heterocycles. The van der Waals surface area contributed by atoms with Gasteiger partial charge in [-0.3, -0.25) is 0 Å². The molecule has 0 aliphatic heterocycles. The van der Waals surface area contributed by atoms with E-state index in [1.807, 2.05) is 24.3 Å². The second-order valence-corrected chi connectivity index (χ2v) is 6.04. The van der Waals surface area contributed by atoms with Gasteiger partial charge in [0.15, 0.2) is 5.69 Å². The van der Waals surface area contributed by atoms with Gasteiger partial charge in [-0.05, 0) is 36.8 Å². The molecule has 110 valence electrons. The molecule has 0 radical (unpaired) electrons. The lowest BCUT2D eigenvalue weighted by Crippen LogP contribution is -2.24. The third-order valence-corrected chi connectivity index (χ3v) is 4.74. The van der Waals surface area contributed by atoms with E-state index < -0.39 is 5.97 Å². The number of nitrogens with zero attached hydrogens (tertiary/aromatic N) is 1. The van der Waals surface area contributed by atoms with Crippen LogP contribution in [0, 0.1) is 11.8 Å². The van der Waals surface area contributed by atoms with Gasteiger partial charge in [0.1, 0.15) is 0 Å². The fourth-order valence-electron chi connectivity index (χ4n) is 3.17. The van der Waals surface area contributed by atoms with E-state index in [4.69, 9.17) is 0 Å². The molecule has 0 spiro atoms. The molecule has 3 atom stereocenters. The molecule has 1 saturated carbocycles. The molecule has 1 fully saturated rings. The summed E-state index contributed by atoms with van der Waals surface area (Å²) in [7, 11) is 0. The number of aromatic carboxylic acids is 1. The SMILES string of the molecule is CC1CCC(Nc2cc(C(=O)O)nc3ccccc23)C1C. The predicted molar refractivity (Wildman–Crippen MR) is 83.7 cm³/mol. The van der Waals surface area contributed by atoms with E-state index in [1.165, 1.54) is 6.42 Å². The number of nitrogens with one attached hydrogen (secondary N) is 1. The summed E-state index contributed by atoms with van der Waals surface area (Å²) < 4.78 is 0. The summed E-state index contributed by atoms with van der Waals surface area (Å²) in [5.74, 6) is 0.302. The minimum atomic E-state index is -0.989. The summed E-state index contributed by atoms with van der Waals surface area (Å²) in [5.41, 5.74) is 1.69. The van der Waals surface area contributed by atoms with Crippen molar-refractivity contribution in [1.29, 1.82) is 0 Å². The van der Waals surface area contributed by atoms with Crippen molar-refractivity contribution in [3.63, 3.8) is 0 Å². The van der Waals surface area contributed by atoms with E-state index in [9.17, 15) is 9.90 Å². The summed E-state index contributed by atoms with van der Waals surface area (Å²) in [6, 6.07) is 9.72. The number of fused-ring (bicyclic) bond motifs is 1. The molecule has 0 saturated heterocycles. The number of carboxylic acids is 1. The lowest BCUT2D eigenvalue weighted by atomic mass is 9.97. The molecule has 0 bridgehead atoms. The van der Waals surface area contributed by atoms with Gasteiger partial charge >= 0.3 is 5.97 Å². The molecule has 3 unspecified atom stereocenters. The number of carboxylic acid groups (broad SMARTS) is 1. The van der Waals surface area contributed by atoms with E-state index >= 15 is 0 Å². The van der Waals surface area contributed by atoms with Crippen LogP contribution >= 0.6 is 0 Å². The quantitative estimate of drug-likeness (QED) is 0.900. The first-order chi connectivity index (χ1) is 10.1. The molecule has 1 heterocycles. The van der Waals surface area contributed by atoms with Gasteiger partial charge < -0.3 is 10.4 Å². The van der Waals surface area contributed by atoms with Crippen LogP contribution in [0.15, 0.2) is 30.3 Å². The largest absolute Gasteiger partial charge is 0.477 e. The number of hydrogen-bond donors (Lipinski definition) is 2. The molecular formula is C17H20N2O2. The molecule has 4 nitrogen and oxygen atoms in total. The van der Waals surface area contributed by atoms with E-state index in [0.717, 1.165) is 23.0 Å². The minimum Gasteiger partial charge on any atom is -0.477 e. The monoisotopic (exact) mass is 284 g/mol. The molecule has 4 heteroatoms. The highest BCUT2D eigenvalue weighted by Gasteiger charge is 2.30. The van der Waals surface area contributed by atoms with E-state index in [1.54, 1.807) is 6.07 Å². The topological polar surface area (TPSA) is 62.2 Å². The number of anilines is 1. The fourth-order valence-corrected chi connectivity index (χ4v) is 3.17. The highest BCUT2D eigenvalue weighted by molar-refractivity contribution is 5.97. The summed E-state index contributed by atoms with van der Waals surface area (Å²) >= 11 is 0. The summed E-state index contributed by atoms with van der Waals surface area (Å²) in [5, 5.41) is 13.8. The zero-order chi connectivity index (χ0) is 15.0. The van der Waals surface area contributed by atoms with Gasteiger partial charge in [0.05, 0.1) is 5.52 Å². The molecule has 1 aliphatic carbocycles. The number of carbonyl (C=O) groups is 1. The Balaban J connectivity index is 2.02. The first-order valence-corrected chi connectivity index (χ1v) is 7.46. The average molecular weight is 284 g/mol. The van der Waals surface area contributed by atoms with Crippen molar-refractivity contribution < 1.29 is 9.90 Å². The Bertz CT molecular complexity index is 684. The Kier molecular flexibility index (Phi) is 3.53. The average Bonchev–Trinajstić information content (AvgIpc) is 2.79. The van der Waals surface area contributed by atoms with Crippen LogP contribution in [-0.4, -0.2) is 22.1 Å². The molecule has 2 N–H and O–H groups in total. The molecule has 1 aliphatic rings. The zero-order valence-corrected chi connectivity index (χ0v) is 12.3. The number of rotatable bonds is 3. The van der Waals surface area contributed by atoms with Gasteiger partial charge in [-0.2, -0.15) is 0 Å². The van der Waals surface area contributed by atoms with E-state index in [-0.39, 0.29) is 5.69 Å². The number of aromatic nitrogens is 1. The Hall–Kier alpha value is -2.10. The van der Waals surface area contributed by atoms with Crippen molar-refractivity contribution in [2.45, 2.75) is 32.7 Å². The van der Waals surface area contributed by atoms with E-state index in [0.29, 0.717) is 17.9 Å². The highest BCUT2D eigenvalue weighted by atomic mass is 16.4. The van der Waals surface area contributed by atoms with Gasteiger partial charge in [0.2, 0.25) is 0 Å². The molecule has 3 rings (SSSR count). The third kappa shape index (κ3) is 2.58. The van der Waals surface area contributed by atoms with Crippen molar-refractivity contribution in [3.8, 4) is 0 Å². The van der Waals surface area contributed by atoms with Crippen LogP contribution in [0.3, 0.4) is 0 Å². The maximum Gasteiger partial charge on any atom is 0.354 e. The van der Waals surface area contributed by atoms with Crippen LogP contribution in [0.2, 0.25) is 0 Å². The van der Waals surface area contributed by atoms with Crippen molar-refractivity contribution >= 4 is 22.6 Å². The molecule has 21 heavy (non-hydrogen) atoms. The van der Waals surface area contributed by atoms with Crippen LogP contribution in [0.1, 0.15) is 37.2 Å². The van der Waals surface area contributed by atoms with Crippen LogP contribution in [0.25, 0.3) is 10.9 Å². The van der Waals surface area contributed by atoms with Crippen molar-refractivity contribution in [3.05, 3.63) is 36.0 Å². The van der Waals surface area contributed by atoms with Crippen molar-refractivity contribution in [2.75, 3.05) is 5.32 Å². The van der Waals surface area contributed by atoms with Gasteiger partial charge in [-0.25, -0.2) is 9.78 Å². The zero-order valence-electron chi connectivity index (χ0n) is 12.3. The Morgan fingerprint density at radius 2 is 2.05 bits per heavy atom. The maximum absolute atomic E-state index is 11.3. The second-order valence-electron chi connectivity index (χ2n) is 6.04. The van der Waals surface area contributed by atoms with Crippen LogP contribution in [-0.2, 0) is 0 Å². The third-order valence-electron chi connectivity index (χ3n) is 4.74. The maximum atomic E-state index is 11.3. The molecule has 1 aromatic carbocycles. The van der Waals surface area contributed by atoms with Crippen LogP contribution < -0.4 is 5.32 Å². The van der Waals surface area contributed by atoms with Gasteiger partial charge in [0, 0.05) is 17.1 Å². The number of benzene rings is 1. The first-order valence-electron chi connectivity index (χ1n) is 7.46. The van der Waals surface area contributed by atoms with Gasteiger partial charge in [-0.1, -0.05) is 32.0 Å². The summed E-state index contributed by atoms with van der Waals surface area (Å²) in [6.45, 7) is 4.54. The normalized spacial score (nSPS) is 25.1. The molecule has 2 aromatic rings. The van der Waals surface area contributed by atoms with Gasteiger partial charge in [0.25, 0.3) is 0 Å². The predicted octanol–water partition coefficient (Wildman–Crippen LogP) is 3.78. The smallest absolute Gasteiger partial charge is 0.354 e. The minimum absolute atomic E-state index is 0.0925. The number of para-hydroxylation sites is 1. The van der Waals surface area contributed by atoms with Crippen molar-refractivity contribution in [1.82, 2.24) is 4.98 Å². The van der Waals surface area contributed by atoms with Crippen LogP contribution in [0.5, 0.6) is 0 Å². The summed E-state index contributed by atoms with van der Waals surface area (Å²) in [6.07, 6.45) is 2.34. The van der Waals surface area contributed by atoms with Gasteiger partial charge in [-0.15, -0.1) is 0 Å². The van der Waals surface area contributed by atoms with Crippen molar-refractivity contribution in [2.24, 2.45) is 11.8 Å². The first kappa shape index (κ1) is 13.9. The Morgan fingerprint density at radius 1 is 1.29 bits per heavy atom. The molecular weight excluding hydrogens is 264 g/mol. The number of pyridine rings is 1. The Morgan fingerprint density at radius 3 is 2.71 bits per heavy atom. The standard InChI is InChI=1S/C17H20N2O2/c1-10-7-8-13(11(10)2)18-15-9-16(17(20)21)19-14-6-4-3-5-12(14)15/h3-6,9-11,13H,7-8H2,1-2H3,(H,18,19)(H,20,21). The van der Waals surface area contributed by atoms with E-state index in [2.05, 4.69) is 24.1 Å². The second kappa shape index (κ2) is 5.35.